The molecule has 10 heteroatoms. The van der Waals surface area contributed by atoms with Crippen LogP contribution in [0.1, 0.15) is 0 Å². The molecular weight excluding hydrogens is 1730 g/mol. The lowest BCUT2D eigenvalue weighted by Gasteiger charge is -2.28. The second-order valence-electron chi connectivity index (χ2n) is 36.1. The third-order valence-electron chi connectivity index (χ3n) is 27.9. The van der Waals surface area contributed by atoms with E-state index >= 15 is 4.39 Å². The van der Waals surface area contributed by atoms with Crippen molar-refractivity contribution < 1.29 is 4.39 Å². The fourth-order valence-corrected chi connectivity index (χ4v) is 21.4. The van der Waals surface area contributed by atoms with Crippen molar-refractivity contribution in [3.05, 3.63) is 516 Å². The molecule has 0 aliphatic carbocycles. The molecule has 0 amide bonds. The molecule has 0 spiro atoms. The van der Waals surface area contributed by atoms with Crippen molar-refractivity contribution in [1.82, 2.24) is 29.9 Å². The summed E-state index contributed by atoms with van der Waals surface area (Å²) in [5.41, 5.74) is 23.9. The van der Waals surface area contributed by atoms with Crippen LogP contribution in [0.3, 0.4) is 0 Å². The average molecular weight is 1820 g/mol. The van der Waals surface area contributed by atoms with E-state index in [1.54, 1.807) is 12.3 Å². The fraction of sp³-hybridized carbons (Fsp3) is 0. The number of benzene rings is 22. The zero-order valence-electron chi connectivity index (χ0n) is 76.9. The third kappa shape index (κ3) is 15.0. The highest BCUT2D eigenvalue weighted by molar-refractivity contribution is 6.33. The number of anilines is 9. The monoisotopic (exact) mass is 1810 g/mol. The lowest BCUT2D eigenvalue weighted by atomic mass is 9.89. The van der Waals surface area contributed by atoms with Gasteiger partial charge in [-0.05, 0) is 305 Å². The molecule has 22 aromatic carbocycles. The number of nitrogens with zero attached hydrogens (tertiary/aromatic N) is 9. The van der Waals surface area contributed by atoms with Gasteiger partial charge in [0.25, 0.3) is 0 Å². The Morgan fingerprint density at radius 3 is 0.817 bits per heavy atom. The van der Waals surface area contributed by atoms with Crippen molar-refractivity contribution in [1.29, 1.82) is 0 Å². The van der Waals surface area contributed by atoms with E-state index in [-0.39, 0.29) is 5.82 Å². The Labute approximate surface area is 818 Å². The van der Waals surface area contributed by atoms with Gasteiger partial charge in [0.15, 0.2) is 0 Å². The van der Waals surface area contributed by atoms with E-state index < -0.39 is 0 Å². The summed E-state index contributed by atoms with van der Waals surface area (Å²) in [5.74, 6) is 1.95. The number of para-hydroxylation sites is 1. The molecule has 0 fully saturated rings. The lowest BCUT2D eigenvalue weighted by Crippen LogP contribution is -2.14. The molecule has 142 heavy (non-hydrogen) atoms. The zero-order valence-corrected chi connectivity index (χ0v) is 76.9. The normalized spacial score (nSPS) is 11.6. The summed E-state index contributed by atoms with van der Waals surface area (Å²) >= 11 is 0. The summed E-state index contributed by atoms with van der Waals surface area (Å²) in [6, 6.07) is 166. The number of halogens is 1. The molecule has 0 aliphatic rings. The lowest BCUT2D eigenvalue weighted by molar-refractivity contribution is 0.629. The Morgan fingerprint density at radius 2 is 0.444 bits per heavy atom. The van der Waals surface area contributed by atoms with Gasteiger partial charge in [-0.3, -0.25) is 24.8 Å². The average Bonchev–Trinajstić information content (AvgIpc) is 0.727. The standard InChI is InChI=1S/C49H32N2.C48H30FN3.C35H22N4/c1-4-11-33(12-5-1)39-30-40(34-13-6-2-7-14-34)32-43(31-39)51(41-16-8-3-9-17-41)42-23-20-35(21-24-42)44-25-22-36-18-19-37-29-38-15-10-28-50-49(38)46-27-26-45(44)47(36)48(37)46;49-43-30-37(31-10-3-1-4-11-31)29-42(32-12-5-2-6-13-32)48(43)52(44-15-7-8-26-50-44)38-21-18-33(19-22-38)39-23-20-34-16-17-35-28-36-14-9-27-51-47(36)41-25-24-40(39)45(34)46(35)41;1-3-19-36-31(7-1)39(32-8-2-4-20-37-32)27-14-11-23(12-15-27)28-16-13-24-9-10-25-22-26-6-5-21-38-35(26)30-18-17-29(28)33(24)34(25)30/h1-32H;1-30H;1-22H. The Kier molecular flexibility index (Phi) is 20.9. The molecule has 0 N–H and O–H groups in total. The van der Waals surface area contributed by atoms with Gasteiger partial charge in [0.05, 0.1) is 22.2 Å². The molecule has 28 aromatic rings. The van der Waals surface area contributed by atoms with Crippen molar-refractivity contribution in [3.8, 4) is 77.9 Å². The van der Waals surface area contributed by atoms with Crippen molar-refractivity contribution >= 4 is 181 Å². The van der Waals surface area contributed by atoms with Crippen molar-refractivity contribution in [2.24, 2.45) is 0 Å². The number of hydrogen-bond donors (Lipinski definition) is 0. The first-order valence-corrected chi connectivity index (χ1v) is 47.9. The second kappa shape index (κ2) is 35.6. The molecule has 6 heterocycles. The van der Waals surface area contributed by atoms with Crippen molar-refractivity contribution in [3.63, 3.8) is 0 Å². The van der Waals surface area contributed by atoms with Crippen molar-refractivity contribution in [2.75, 3.05) is 14.7 Å². The summed E-state index contributed by atoms with van der Waals surface area (Å²) in [6.07, 6.45) is 11.0. The molecule has 9 nitrogen and oxygen atoms in total. The highest BCUT2D eigenvalue weighted by atomic mass is 19.1. The Morgan fingerprint density at radius 1 is 0.155 bits per heavy atom. The van der Waals surface area contributed by atoms with Gasteiger partial charge in [0, 0.05) is 103 Å². The van der Waals surface area contributed by atoms with Crippen LogP contribution in [-0.2, 0) is 0 Å². The summed E-state index contributed by atoms with van der Waals surface area (Å²) in [6.45, 7) is 0. The van der Waals surface area contributed by atoms with Crippen LogP contribution in [0.4, 0.5) is 56.0 Å². The molecule has 0 radical (unpaired) electrons. The number of pyridine rings is 6. The third-order valence-corrected chi connectivity index (χ3v) is 27.9. The van der Waals surface area contributed by atoms with Gasteiger partial charge < -0.3 is 4.90 Å². The van der Waals surface area contributed by atoms with E-state index in [1.165, 1.54) is 152 Å². The molecule has 0 saturated heterocycles. The zero-order chi connectivity index (χ0) is 94.1. The number of rotatable bonds is 16. The van der Waals surface area contributed by atoms with Crippen LogP contribution in [0.25, 0.3) is 208 Å². The first kappa shape index (κ1) is 83.6. The smallest absolute Gasteiger partial charge is 0.148 e. The summed E-state index contributed by atoms with van der Waals surface area (Å²) in [5, 5.41) is 25.8. The van der Waals surface area contributed by atoms with Gasteiger partial charge in [-0.1, -0.05) is 322 Å². The minimum absolute atomic E-state index is 0.330. The molecule has 28 rings (SSSR count). The molecule has 0 aliphatic heterocycles. The summed E-state index contributed by atoms with van der Waals surface area (Å²) in [7, 11) is 0. The van der Waals surface area contributed by atoms with Crippen LogP contribution in [0, 0.1) is 5.82 Å². The van der Waals surface area contributed by atoms with Crippen LogP contribution in [-0.4, -0.2) is 29.9 Å². The topological polar surface area (TPSA) is 87.1 Å². The Hall–Kier alpha value is -19.0. The van der Waals surface area contributed by atoms with E-state index in [1.807, 2.05) is 169 Å². The SMILES string of the molecule is Fc1cc(-c2ccccc2)cc(-c2ccccc2)c1N(c1ccc(-c2ccc3ccc4cc5cccnc5c5ccc2c3c45)cc1)c1ccccn1.c1ccc(-c2cc(-c3ccccc3)cc(N(c3ccccc3)c3ccc(-c4ccc5ccc6cc7cccnc7c7ccc4c5c67)cc3)c2)cc1.c1ccc(N(c2ccc(-c3ccc4ccc5cc6cccnc6c6ccc3c4c56)cc2)c2ccccn2)nc1. The van der Waals surface area contributed by atoms with Crippen LogP contribution < -0.4 is 14.7 Å². The fourth-order valence-electron chi connectivity index (χ4n) is 21.4. The summed E-state index contributed by atoms with van der Waals surface area (Å²) in [4.78, 5) is 34.6. The molecule has 6 aromatic heterocycles. The molecule has 0 unspecified atom stereocenters. The molecule has 0 saturated carbocycles. The predicted octanol–water partition coefficient (Wildman–Crippen LogP) is 35.8. The maximum atomic E-state index is 16.8. The van der Waals surface area contributed by atoms with E-state index in [0.29, 0.717) is 11.5 Å². The first-order chi connectivity index (χ1) is 70.3. The first-order valence-electron chi connectivity index (χ1n) is 47.9. The van der Waals surface area contributed by atoms with E-state index in [4.69, 9.17) is 19.9 Å². The molecule has 0 bridgehead atoms. The van der Waals surface area contributed by atoms with E-state index in [0.717, 1.165) is 95.4 Å². The van der Waals surface area contributed by atoms with E-state index in [9.17, 15) is 0 Å². The highest BCUT2D eigenvalue weighted by Gasteiger charge is 2.27. The molecule has 664 valence electrons. The Bertz CT molecular complexity index is 9480. The number of aromatic nitrogens is 6. The van der Waals surface area contributed by atoms with Gasteiger partial charge >= 0.3 is 0 Å². The maximum absolute atomic E-state index is 16.8. The number of fused-ring (bicyclic) bond motifs is 6. The maximum Gasteiger partial charge on any atom is 0.148 e. The highest BCUT2D eigenvalue weighted by Crippen LogP contribution is 2.51. The largest absolute Gasteiger partial charge is 0.310 e. The van der Waals surface area contributed by atoms with Gasteiger partial charge in [-0.2, -0.15) is 0 Å². The van der Waals surface area contributed by atoms with Gasteiger partial charge in [0.2, 0.25) is 0 Å². The van der Waals surface area contributed by atoms with Crippen LogP contribution in [0.15, 0.2) is 510 Å². The summed E-state index contributed by atoms with van der Waals surface area (Å²) < 4.78 is 16.8. The second-order valence-corrected chi connectivity index (χ2v) is 36.1. The van der Waals surface area contributed by atoms with E-state index in [2.05, 4.69) is 353 Å². The number of hydrogen-bond acceptors (Lipinski definition) is 9. The minimum atomic E-state index is -0.330. The van der Waals surface area contributed by atoms with Crippen LogP contribution in [0.5, 0.6) is 0 Å². The molecule has 0 atom stereocenters. The Balaban J connectivity index is 0.000000110. The van der Waals surface area contributed by atoms with Crippen LogP contribution in [0.2, 0.25) is 0 Å². The minimum Gasteiger partial charge on any atom is -0.310 e. The molecular formula is C132H84FN9. The van der Waals surface area contributed by atoms with Gasteiger partial charge in [0.1, 0.15) is 23.3 Å². The van der Waals surface area contributed by atoms with Crippen molar-refractivity contribution in [2.45, 2.75) is 0 Å². The van der Waals surface area contributed by atoms with Crippen LogP contribution >= 0.6 is 0 Å². The van der Waals surface area contributed by atoms with Gasteiger partial charge in [-0.25, -0.2) is 19.3 Å². The van der Waals surface area contributed by atoms with Gasteiger partial charge in [-0.15, -0.1) is 0 Å². The predicted molar refractivity (Wildman–Crippen MR) is 592 cm³/mol. The quantitative estimate of drug-likeness (QED) is 0.0693.